The highest BCUT2D eigenvalue weighted by atomic mass is 35.5. The fraction of sp³-hybridized carbons (Fsp3) is 0.316. The summed E-state index contributed by atoms with van der Waals surface area (Å²) >= 11 is 6.01. The highest BCUT2D eigenvalue weighted by molar-refractivity contribution is 6.33. The molecule has 3 nitrogen and oxygen atoms in total. The van der Waals surface area contributed by atoms with Crippen molar-refractivity contribution in [3.8, 4) is 0 Å². The van der Waals surface area contributed by atoms with Gasteiger partial charge in [-0.3, -0.25) is 9.69 Å². The molecule has 2 aromatic carbocycles. The van der Waals surface area contributed by atoms with Crippen molar-refractivity contribution in [2.24, 2.45) is 0 Å². The van der Waals surface area contributed by atoms with Gasteiger partial charge in [-0.2, -0.15) is 13.2 Å². The summed E-state index contributed by atoms with van der Waals surface area (Å²) in [4.78, 5) is 15.0. The molecule has 1 fully saturated rings. The van der Waals surface area contributed by atoms with Gasteiger partial charge in [0, 0.05) is 0 Å². The molecule has 1 aliphatic rings. The van der Waals surface area contributed by atoms with Crippen molar-refractivity contribution in [1.29, 1.82) is 0 Å². The van der Waals surface area contributed by atoms with Crippen molar-refractivity contribution in [3.63, 3.8) is 0 Å². The minimum absolute atomic E-state index is 0.0355. The predicted octanol–water partition coefficient (Wildman–Crippen LogP) is 5.13. The molecular formula is C19H18ClF3N2O. The van der Waals surface area contributed by atoms with E-state index in [4.69, 9.17) is 11.6 Å². The summed E-state index contributed by atoms with van der Waals surface area (Å²) < 4.78 is 38.8. The summed E-state index contributed by atoms with van der Waals surface area (Å²) in [7, 11) is 0. The van der Waals surface area contributed by atoms with E-state index in [1.165, 1.54) is 0 Å². The quantitative estimate of drug-likeness (QED) is 0.794. The Morgan fingerprint density at radius 3 is 2.35 bits per heavy atom. The van der Waals surface area contributed by atoms with Gasteiger partial charge in [0.25, 0.3) is 0 Å². The summed E-state index contributed by atoms with van der Waals surface area (Å²) in [5.41, 5.74) is -0.0868. The van der Waals surface area contributed by atoms with Gasteiger partial charge in [-0.05, 0) is 49.7 Å². The second-order valence-electron chi connectivity index (χ2n) is 6.24. The van der Waals surface area contributed by atoms with Gasteiger partial charge in [0.05, 0.1) is 16.3 Å². The predicted molar refractivity (Wildman–Crippen MR) is 95.1 cm³/mol. The number of nitrogens with one attached hydrogen (secondary N) is 1. The second kappa shape index (κ2) is 7.68. The zero-order valence-corrected chi connectivity index (χ0v) is 14.6. The summed E-state index contributed by atoms with van der Waals surface area (Å²) in [6.45, 7) is 1.53. The van der Waals surface area contributed by atoms with Crippen LogP contribution in [0.2, 0.25) is 5.02 Å². The second-order valence-corrected chi connectivity index (χ2v) is 6.65. The van der Waals surface area contributed by atoms with Crippen LogP contribution in [0.5, 0.6) is 0 Å². The van der Waals surface area contributed by atoms with Crippen LogP contribution in [-0.4, -0.2) is 23.9 Å². The highest BCUT2D eigenvalue weighted by Gasteiger charge is 2.33. The Morgan fingerprint density at radius 2 is 1.73 bits per heavy atom. The van der Waals surface area contributed by atoms with E-state index >= 15 is 0 Å². The normalized spacial score (nSPS) is 16.5. The largest absolute Gasteiger partial charge is 0.416 e. The van der Waals surface area contributed by atoms with E-state index in [0.29, 0.717) is 0 Å². The number of benzene rings is 2. The lowest BCUT2D eigenvalue weighted by atomic mass is 10.0. The monoisotopic (exact) mass is 382 g/mol. The Hall–Kier alpha value is -2.05. The smallest absolute Gasteiger partial charge is 0.323 e. The van der Waals surface area contributed by atoms with E-state index in [2.05, 4.69) is 5.32 Å². The third-order valence-corrected chi connectivity index (χ3v) is 4.75. The Bertz CT molecular complexity index is 774. The topological polar surface area (TPSA) is 32.3 Å². The molecule has 7 heteroatoms. The minimum atomic E-state index is -4.50. The first kappa shape index (κ1) is 18.7. The molecule has 3 rings (SSSR count). The van der Waals surface area contributed by atoms with E-state index in [1.807, 2.05) is 35.2 Å². The highest BCUT2D eigenvalue weighted by Crippen LogP contribution is 2.35. The lowest BCUT2D eigenvalue weighted by Crippen LogP contribution is -2.35. The molecule has 0 bridgehead atoms. The first-order valence-corrected chi connectivity index (χ1v) is 8.70. The number of halogens is 4. The molecule has 1 heterocycles. The zero-order valence-electron chi connectivity index (χ0n) is 13.9. The van der Waals surface area contributed by atoms with Gasteiger partial charge >= 0.3 is 6.18 Å². The molecule has 2 aromatic rings. The average Bonchev–Trinajstić information content (AvgIpc) is 3.11. The molecule has 0 saturated carbocycles. The molecule has 1 atom stereocenters. The van der Waals surface area contributed by atoms with Crippen molar-refractivity contribution in [2.45, 2.75) is 25.1 Å². The van der Waals surface area contributed by atoms with Crippen LogP contribution in [0.1, 0.15) is 30.0 Å². The maximum absolute atomic E-state index is 12.9. The van der Waals surface area contributed by atoms with Gasteiger partial charge in [0.2, 0.25) is 5.91 Å². The molecule has 1 amide bonds. The van der Waals surface area contributed by atoms with E-state index in [9.17, 15) is 18.0 Å². The molecular weight excluding hydrogens is 365 g/mol. The number of nitrogens with zero attached hydrogens (tertiary/aromatic N) is 1. The van der Waals surface area contributed by atoms with Crippen molar-refractivity contribution in [3.05, 3.63) is 64.7 Å². The number of hydrogen-bond acceptors (Lipinski definition) is 2. The van der Waals surface area contributed by atoms with Crippen LogP contribution in [0.4, 0.5) is 18.9 Å². The van der Waals surface area contributed by atoms with Gasteiger partial charge in [0.1, 0.15) is 6.04 Å². The van der Waals surface area contributed by atoms with E-state index in [-0.39, 0.29) is 16.6 Å². The Morgan fingerprint density at radius 1 is 1.08 bits per heavy atom. The number of likely N-dealkylation sites (tertiary alicyclic amines) is 1. The third-order valence-electron chi connectivity index (χ3n) is 4.42. The first-order valence-electron chi connectivity index (χ1n) is 8.33. The number of anilines is 1. The number of alkyl halides is 3. The molecule has 0 spiro atoms. The van der Waals surface area contributed by atoms with Crippen LogP contribution < -0.4 is 5.32 Å². The molecule has 0 unspecified atom stereocenters. The van der Waals surface area contributed by atoms with Crippen LogP contribution in [0.25, 0.3) is 0 Å². The van der Waals surface area contributed by atoms with Crippen molar-refractivity contribution in [2.75, 3.05) is 18.4 Å². The van der Waals surface area contributed by atoms with Gasteiger partial charge in [-0.25, -0.2) is 0 Å². The molecule has 0 aliphatic carbocycles. The zero-order chi connectivity index (χ0) is 18.7. The van der Waals surface area contributed by atoms with Crippen LogP contribution in [0, 0.1) is 0 Å². The van der Waals surface area contributed by atoms with Gasteiger partial charge in [-0.15, -0.1) is 0 Å². The fourth-order valence-corrected chi connectivity index (χ4v) is 3.33. The third kappa shape index (κ3) is 4.19. The van der Waals surface area contributed by atoms with E-state index in [1.54, 1.807) is 0 Å². The Labute approximate surface area is 154 Å². The number of amides is 1. The maximum atomic E-state index is 12.9. The number of carbonyl (C=O) groups excluding carboxylic acids is 1. The Kier molecular flexibility index (Phi) is 5.53. The van der Waals surface area contributed by atoms with Gasteiger partial charge in [0.15, 0.2) is 0 Å². The Balaban J connectivity index is 1.89. The van der Waals surface area contributed by atoms with Crippen LogP contribution in [-0.2, 0) is 11.0 Å². The van der Waals surface area contributed by atoms with Crippen LogP contribution in [0.3, 0.4) is 0 Å². The average molecular weight is 383 g/mol. The lowest BCUT2D eigenvalue weighted by molar-refractivity contribution is -0.137. The molecule has 0 aromatic heterocycles. The maximum Gasteiger partial charge on any atom is 0.416 e. The van der Waals surface area contributed by atoms with Crippen molar-refractivity contribution < 1.29 is 18.0 Å². The minimum Gasteiger partial charge on any atom is -0.323 e. The fourth-order valence-electron chi connectivity index (χ4n) is 3.16. The molecule has 26 heavy (non-hydrogen) atoms. The van der Waals surface area contributed by atoms with Crippen LogP contribution >= 0.6 is 11.6 Å². The number of carbonyl (C=O) groups is 1. The number of hydrogen-bond donors (Lipinski definition) is 1. The molecule has 1 aliphatic heterocycles. The summed E-state index contributed by atoms with van der Waals surface area (Å²) in [5.74, 6) is -0.390. The molecule has 1 saturated heterocycles. The van der Waals surface area contributed by atoms with Gasteiger partial charge < -0.3 is 5.32 Å². The van der Waals surface area contributed by atoms with E-state index < -0.39 is 17.8 Å². The van der Waals surface area contributed by atoms with Gasteiger partial charge in [-0.1, -0.05) is 41.9 Å². The summed E-state index contributed by atoms with van der Waals surface area (Å²) in [6, 6.07) is 11.6. The SMILES string of the molecule is O=C(Nc1cc(C(F)(F)F)ccc1Cl)[C@@H](c1ccccc1)N1CCCC1. The standard InChI is InChI=1S/C19H18ClF3N2O/c20-15-9-8-14(19(21,22)23)12-16(15)24-18(26)17(25-10-4-5-11-25)13-6-2-1-3-7-13/h1-3,6-9,12,17H,4-5,10-11H2,(H,24,26)/t17-/m1/s1. The van der Waals surface area contributed by atoms with Crippen molar-refractivity contribution in [1.82, 2.24) is 4.90 Å². The molecule has 138 valence electrons. The molecule has 1 N–H and O–H groups in total. The van der Waals surface area contributed by atoms with Crippen LogP contribution in [0.15, 0.2) is 48.5 Å². The summed E-state index contributed by atoms with van der Waals surface area (Å²) in [6.07, 6.45) is -2.53. The van der Waals surface area contributed by atoms with Crippen molar-refractivity contribution >= 4 is 23.2 Å². The first-order chi connectivity index (χ1) is 12.4. The lowest BCUT2D eigenvalue weighted by Gasteiger charge is -2.27. The van der Waals surface area contributed by atoms with E-state index in [0.717, 1.165) is 49.7 Å². The number of rotatable bonds is 4. The summed E-state index contributed by atoms with van der Waals surface area (Å²) in [5, 5.41) is 2.65. The molecule has 0 radical (unpaired) electrons.